The van der Waals surface area contributed by atoms with E-state index in [1.807, 2.05) is 0 Å². The molecule has 0 aromatic rings. The molecule has 0 nitrogen and oxygen atoms in total. The molecule has 0 aromatic carbocycles. The number of hydrogen-bond donors (Lipinski definition) is 0. The third-order valence-corrected chi connectivity index (χ3v) is 0. The molecule has 4 heteroatoms. The van der Waals surface area contributed by atoms with Crippen LogP contribution in [-0.4, -0.2) is 21.8 Å². The van der Waals surface area contributed by atoms with E-state index >= 15 is 0 Å². The standard InChI is InChI=1S/3ClH.Pb/h3*1H;/q;;;+2/p-2. The Hall–Kier alpha value is 1.79. The Labute approximate surface area is 50.4 Å². The Morgan fingerprint density at radius 1 is 1.25 bits per heavy atom. The van der Waals surface area contributed by atoms with Gasteiger partial charge in [0.1, 0.15) is 0 Å². The van der Waals surface area contributed by atoms with Crippen molar-refractivity contribution in [2.24, 2.45) is 0 Å². The van der Waals surface area contributed by atoms with Gasteiger partial charge in [0.15, 0.2) is 0 Å². The zero-order valence-corrected chi connectivity index (χ0v) is 7.88. The van der Waals surface area contributed by atoms with Gasteiger partial charge in [-0.15, -0.1) is 12.4 Å². The van der Waals surface area contributed by atoms with Crippen LogP contribution < -0.4 is 0 Å². The topological polar surface area (TPSA) is 0 Å². The molecule has 0 atom stereocenters. The second-order valence-corrected chi connectivity index (χ2v) is 5.64. The van der Waals surface area contributed by atoms with Crippen molar-refractivity contribution in [3.63, 3.8) is 0 Å². The fraction of sp³-hybridized carbons (Fsp3) is 0. The van der Waals surface area contributed by atoms with Gasteiger partial charge in [-0.25, -0.2) is 0 Å². The van der Waals surface area contributed by atoms with Gasteiger partial charge >= 0.3 is 38.4 Å². The van der Waals surface area contributed by atoms with E-state index in [2.05, 4.69) is 0 Å². The van der Waals surface area contributed by atoms with Crippen molar-refractivity contribution in [1.82, 2.24) is 0 Å². The minimum atomic E-state index is -0.972. The molecule has 0 bridgehead atoms. The van der Waals surface area contributed by atoms with Crippen molar-refractivity contribution in [2.75, 3.05) is 0 Å². The molecule has 26 valence electrons. The van der Waals surface area contributed by atoms with Gasteiger partial charge < -0.3 is 0 Å². The van der Waals surface area contributed by atoms with Crippen LogP contribution in [-0.2, 0) is 0 Å². The molecule has 0 saturated heterocycles. The summed E-state index contributed by atoms with van der Waals surface area (Å²) in [6, 6.07) is 0. The van der Waals surface area contributed by atoms with Gasteiger partial charge in [-0.2, -0.15) is 0 Å². The van der Waals surface area contributed by atoms with Gasteiger partial charge in [0.25, 0.3) is 0 Å². The molecule has 4 heavy (non-hydrogen) atoms. The SMILES string of the molecule is Cl.[Cl][Pb][Cl]. The van der Waals surface area contributed by atoms with Crippen molar-refractivity contribution in [1.29, 1.82) is 0 Å². The number of halogens is 3. The normalized spacial score (nSPS) is 4.50. The van der Waals surface area contributed by atoms with Crippen LogP contribution in [0.5, 0.6) is 0 Å². The van der Waals surface area contributed by atoms with Crippen molar-refractivity contribution in [3.05, 3.63) is 0 Å². The quantitative estimate of drug-likeness (QED) is 0.593. The molecule has 0 N–H and O–H groups in total. The van der Waals surface area contributed by atoms with Crippen LogP contribution in [0.15, 0.2) is 0 Å². The molecule has 0 spiro atoms. The summed E-state index contributed by atoms with van der Waals surface area (Å²) in [6.45, 7) is 0. The summed E-state index contributed by atoms with van der Waals surface area (Å²) in [7, 11) is 9.92. The number of rotatable bonds is 0. The summed E-state index contributed by atoms with van der Waals surface area (Å²) in [5.74, 6) is 0. The van der Waals surface area contributed by atoms with E-state index in [1.165, 1.54) is 0 Å². The second kappa shape index (κ2) is 8.84. The number of hydrogen-bond acceptors (Lipinski definition) is 0. The zero-order valence-electron chi connectivity index (χ0n) is 1.66. The summed E-state index contributed by atoms with van der Waals surface area (Å²) in [6.07, 6.45) is 0. The van der Waals surface area contributed by atoms with E-state index in [4.69, 9.17) is 16.6 Å². The fourth-order valence-electron chi connectivity index (χ4n) is 0. The van der Waals surface area contributed by atoms with Crippen LogP contribution in [0.4, 0.5) is 0 Å². The molecular formula is HCl3Pb. The average Bonchev–Trinajstić information content (AvgIpc) is 0.918. The van der Waals surface area contributed by atoms with E-state index in [0.29, 0.717) is 0 Å². The maximum absolute atomic E-state index is 4.96. The molecule has 2 radical (unpaired) electrons. The van der Waals surface area contributed by atoms with E-state index < -0.39 is 21.8 Å². The minimum absolute atomic E-state index is 0. The molecule has 0 fully saturated rings. The van der Waals surface area contributed by atoms with Crippen molar-refractivity contribution in [3.8, 4) is 0 Å². The monoisotopic (exact) mass is 314 g/mol. The van der Waals surface area contributed by atoms with Gasteiger partial charge in [-0.1, -0.05) is 0 Å². The van der Waals surface area contributed by atoms with Gasteiger partial charge in [0.05, 0.1) is 0 Å². The van der Waals surface area contributed by atoms with E-state index in [0.717, 1.165) is 0 Å². The first-order valence-electron chi connectivity index (χ1n) is 0.378. The van der Waals surface area contributed by atoms with Gasteiger partial charge in [-0.3, -0.25) is 0 Å². The predicted molar refractivity (Wildman–Crippen MR) is 24.7 cm³/mol. The molecule has 0 amide bonds. The van der Waals surface area contributed by atoms with Crippen molar-refractivity contribution in [2.45, 2.75) is 0 Å². The van der Waals surface area contributed by atoms with Crippen LogP contribution in [0.25, 0.3) is 0 Å². The molecule has 0 aliphatic carbocycles. The first-order chi connectivity index (χ1) is 1.41. The van der Waals surface area contributed by atoms with E-state index in [9.17, 15) is 0 Å². The Balaban J connectivity index is 0. The third-order valence-electron chi connectivity index (χ3n) is 0. The van der Waals surface area contributed by atoms with Crippen LogP contribution in [0.3, 0.4) is 0 Å². The molecule has 0 heterocycles. The summed E-state index contributed by atoms with van der Waals surface area (Å²) in [4.78, 5) is 0. The first-order valence-corrected chi connectivity index (χ1v) is 9.95. The maximum atomic E-state index is 4.96. The van der Waals surface area contributed by atoms with E-state index in [1.54, 1.807) is 0 Å². The zero-order chi connectivity index (χ0) is 2.71. The van der Waals surface area contributed by atoms with Crippen LogP contribution in [0.2, 0.25) is 0 Å². The first kappa shape index (κ1) is 9.25. The van der Waals surface area contributed by atoms with Crippen molar-refractivity contribution >= 4 is 50.8 Å². The summed E-state index contributed by atoms with van der Waals surface area (Å²) in [5, 5.41) is 0. The third kappa shape index (κ3) is 9.20. The van der Waals surface area contributed by atoms with Crippen LogP contribution in [0.1, 0.15) is 0 Å². The van der Waals surface area contributed by atoms with E-state index in [-0.39, 0.29) is 12.4 Å². The molecule has 0 unspecified atom stereocenters. The Kier molecular flexibility index (Phi) is 20.4. The molecule has 0 aromatic heterocycles. The van der Waals surface area contributed by atoms with Crippen LogP contribution in [0, 0.1) is 0 Å². The van der Waals surface area contributed by atoms with Crippen molar-refractivity contribution < 1.29 is 0 Å². The molecule has 0 rings (SSSR count). The van der Waals surface area contributed by atoms with Gasteiger partial charge in [-0.05, 0) is 0 Å². The Morgan fingerprint density at radius 2 is 1.25 bits per heavy atom. The predicted octanol–water partition coefficient (Wildman–Crippen LogP) is 1.42. The summed E-state index contributed by atoms with van der Waals surface area (Å²) in [5.41, 5.74) is 0. The summed E-state index contributed by atoms with van der Waals surface area (Å²) < 4.78 is 0. The molecular weight excluding hydrogens is 314 g/mol. The van der Waals surface area contributed by atoms with Gasteiger partial charge in [0.2, 0.25) is 0 Å². The Morgan fingerprint density at radius 3 is 1.25 bits per heavy atom. The summed E-state index contributed by atoms with van der Waals surface area (Å²) >= 11 is -0.972. The van der Waals surface area contributed by atoms with Crippen LogP contribution >= 0.6 is 29.0 Å². The Bertz CT molecular complexity index is 3.25. The molecule has 0 aliphatic heterocycles. The average molecular weight is 315 g/mol. The fourth-order valence-corrected chi connectivity index (χ4v) is 0. The van der Waals surface area contributed by atoms with Gasteiger partial charge in [0, 0.05) is 0 Å². The molecule has 0 saturated carbocycles. The molecule has 0 aliphatic rings. The second-order valence-electron chi connectivity index (χ2n) is 0.0714.